The molecule has 0 aromatic heterocycles. The van der Waals surface area contributed by atoms with E-state index in [1.807, 2.05) is 111 Å². The Morgan fingerprint density at radius 3 is 0.275 bits per heavy atom. The first-order valence-electron chi connectivity index (χ1n) is 26.3. The first kappa shape index (κ1) is 84.3. The Kier molecular flexibility index (Phi) is 35.4. The molecular weight excluding hydrogens is 1330 g/mol. The van der Waals surface area contributed by atoms with Gasteiger partial charge in [-0.05, 0) is 166 Å². The highest BCUT2D eigenvalue weighted by Crippen LogP contribution is 2.52. The fourth-order valence-electron chi connectivity index (χ4n) is 7.87. The van der Waals surface area contributed by atoms with E-state index < -0.39 is 0 Å². The minimum Gasteiger partial charge on any atom is -0.347 e. The summed E-state index contributed by atoms with van der Waals surface area (Å²) in [5, 5.41) is -0.491. The van der Waals surface area contributed by atoms with Crippen molar-refractivity contribution in [2.24, 2.45) is 0 Å². The second kappa shape index (κ2) is 33.6. The largest absolute Gasteiger partial charge is 0.347 e. The standard InChI is InChI=1S/8C6H14O2P2/c8*1-5(2)7-4-6(3,8-5)10-9/h8*10H,4,9H2,1-3H3. The molecule has 0 amide bonds. The molecule has 16 nitrogen and oxygen atoms in total. The van der Waals surface area contributed by atoms with E-state index in [1.54, 1.807) is 0 Å². The monoisotopic (exact) mass is 1440 g/mol. The minimum absolute atomic E-state index is 0.0613. The molecule has 24 atom stereocenters. The molecule has 24 unspecified atom stereocenters. The zero-order valence-electron chi connectivity index (χ0n) is 52.8. The van der Waals surface area contributed by atoms with Crippen LogP contribution in [0.3, 0.4) is 0 Å². The summed E-state index contributed by atoms with van der Waals surface area (Å²) in [7, 11) is 27.2. The van der Waals surface area contributed by atoms with Gasteiger partial charge in [0.15, 0.2) is 46.3 Å². The van der Waals surface area contributed by atoms with Crippen molar-refractivity contribution in [3.63, 3.8) is 0 Å². The molecular formula is C48H112O16P16. The normalized spacial score (nSPS) is 39.6. The summed E-state index contributed by atoms with van der Waals surface area (Å²) >= 11 is 0. The molecule has 0 aliphatic carbocycles. The van der Waals surface area contributed by atoms with Gasteiger partial charge < -0.3 is 75.8 Å². The molecule has 0 spiro atoms. The van der Waals surface area contributed by atoms with Gasteiger partial charge >= 0.3 is 0 Å². The number of hydrogen-bond donors (Lipinski definition) is 0. The third-order valence-electron chi connectivity index (χ3n) is 11.8. The van der Waals surface area contributed by atoms with E-state index in [4.69, 9.17) is 75.8 Å². The third kappa shape index (κ3) is 32.4. The smallest absolute Gasteiger partial charge is 0.164 e. The average molecular weight is 1440 g/mol. The molecule has 480 valence electrons. The topological polar surface area (TPSA) is 148 Å². The van der Waals surface area contributed by atoms with Gasteiger partial charge in [0.1, 0.15) is 42.7 Å². The highest BCUT2D eigenvalue weighted by Gasteiger charge is 2.46. The van der Waals surface area contributed by atoms with E-state index in [0.717, 1.165) is 0 Å². The van der Waals surface area contributed by atoms with Gasteiger partial charge in [-0.15, -0.1) is 71.4 Å². The second-order valence-electron chi connectivity index (χ2n) is 25.3. The molecule has 8 aliphatic rings. The molecule has 8 rings (SSSR count). The van der Waals surface area contributed by atoms with E-state index in [-0.39, 0.29) is 89.0 Å². The predicted octanol–water partition coefficient (Wildman–Crippen LogP) is 15.6. The average Bonchev–Trinajstić information content (AvgIpc) is 4.22. The lowest BCUT2D eigenvalue weighted by atomic mass is 10.4. The fraction of sp³-hybridized carbons (Fsp3) is 1.00. The Morgan fingerprint density at radius 2 is 0.250 bits per heavy atom. The molecule has 8 heterocycles. The molecule has 32 heteroatoms. The van der Waals surface area contributed by atoms with Crippen molar-refractivity contribution in [2.75, 3.05) is 52.9 Å². The van der Waals surface area contributed by atoms with Gasteiger partial charge in [-0.2, -0.15) is 0 Å². The first-order valence-corrected chi connectivity index (χ1v) is 48.8. The molecule has 8 saturated heterocycles. The quantitative estimate of drug-likeness (QED) is 0.212. The van der Waals surface area contributed by atoms with Gasteiger partial charge in [0.2, 0.25) is 0 Å². The minimum atomic E-state index is -0.377. The van der Waals surface area contributed by atoms with Gasteiger partial charge in [-0.3, -0.25) is 0 Å². The SMILES string of the molecule is CC1(C)OCC(C)(PP)O1.CC1(C)OCC(C)(PP)O1.CC1(C)OCC(C)(PP)O1.CC1(C)OCC(C)(PP)O1.CC1(C)OCC(C)(PP)O1.CC1(C)OCC(C)(PP)O1.CC1(C)OCC(C)(PP)O1.CC1(C)OCC(C)(PP)O1. The molecule has 0 N–H and O–H groups in total. The molecule has 0 saturated carbocycles. The van der Waals surface area contributed by atoms with Crippen molar-refractivity contribution in [2.45, 2.75) is 255 Å². The van der Waals surface area contributed by atoms with Crippen LogP contribution in [0.15, 0.2) is 0 Å². The third-order valence-corrected chi connectivity index (χ3v) is 33.3. The Hall–Kier alpha value is 6.24. The summed E-state index contributed by atoms with van der Waals surface area (Å²) in [5.41, 5.74) is 0. The Balaban J connectivity index is 0.000000457. The number of hydrogen-bond acceptors (Lipinski definition) is 16. The molecule has 8 fully saturated rings. The van der Waals surface area contributed by atoms with Crippen molar-refractivity contribution in [1.82, 2.24) is 0 Å². The van der Waals surface area contributed by atoms with Crippen LogP contribution in [-0.2, 0) is 75.8 Å². The van der Waals surface area contributed by atoms with Crippen molar-refractivity contribution < 1.29 is 75.8 Å². The van der Waals surface area contributed by atoms with Crippen LogP contribution in [0.25, 0.3) is 0 Å². The van der Waals surface area contributed by atoms with E-state index >= 15 is 0 Å². The van der Waals surface area contributed by atoms with Crippen LogP contribution in [0.5, 0.6) is 0 Å². The summed E-state index contributed by atoms with van der Waals surface area (Å²) in [4.78, 5) is 0. The highest BCUT2D eigenvalue weighted by molar-refractivity contribution is 8.05. The van der Waals surface area contributed by atoms with E-state index in [1.165, 1.54) is 0 Å². The predicted molar refractivity (Wildman–Crippen MR) is 380 cm³/mol. The zero-order chi connectivity index (χ0) is 62.6. The van der Waals surface area contributed by atoms with Gasteiger partial charge in [-0.25, -0.2) is 0 Å². The molecule has 0 radical (unpaired) electrons. The Morgan fingerprint density at radius 1 is 0.175 bits per heavy atom. The number of rotatable bonds is 8. The lowest BCUT2D eigenvalue weighted by Crippen LogP contribution is -2.25. The summed E-state index contributed by atoms with van der Waals surface area (Å²) in [5.74, 6) is -3.01. The van der Waals surface area contributed by atoms with Crippen molar-refractivity contribution in [3.8, 4) is 0 Å². The summed E-state index contributed by atoms with van der Waals surface area (Å²) in [6, 6.07) is 0. The number of ether oxygens (including phenoxy) is 16. The summed E-state index contributed by atoms with van der Waals surface area (Å²) in [6.07, 6.45) is 0. The van der Waals surface area contributed by atoms with Crippen LogP contribution in [-0.4, -0.2) is 142 Å². The van der Waals surface area contributed by atoms with Crippen LogP contribution in [0.4, 0.5) is 0 Å². The first-order chi connectivity index (χ1) is 35.8. The van der Waals surface area contributed by atoms with Crippen LogP contribution < -0.4 is 0 Å². The second-order valence-corrected chi connectivity index (χ2v) is 43.0. The van der Waals surface area contributed by atoms with Gasteiger partial charge in [0.25, 0.3) is 0 Å². The summed E-state index contributed by atoms with van der Waals surface area (Å²) < 4.78 is 88.6. The van der Waals surface area contributed by atoms with E-state index in [9.17, 15) is 0 Å². The highest BCUT2D eigenvalue weighted by atomic mass is 32.0. The maximum Gasteiger partial charge on any atom is 0.164 e. The van der Waals surface area contributed by atoms with Crippen LogP contribution in [0.2, 0.25) is 0 Å². The zero-order valence-corrected chi connectivity index (χ0v) is 70.0. The van der Waals surface area contributed by atoms with Gasteiger partial charge in [-0.1, -0.05) is 66.2 Å². The maximum atomic E-state index is 5.65. The molecule has 8 aliphatic heterocycles. The van der Waals surface area contributed by atoms with Crippen LogP contribution >= 0.6 is 138 Å². The molecule has 0 aromatic carbocycles. The van der Waals surface area contributed by atoms with Crippen LogP contribution in [0.1, 0.15) is 166 Å². The summed E-state index contributed by atoms with van der Waals surface area (Å²) in [6.45, 7) is 53.5. The van der Waals surface area contributed by atoms with Gasteiger partial charge in [0, 0.05) is 0 Å². The van der Waals surface area contributed by atoms with Crippen molar-refractivity contribution >= 4 is 138 Å². The Bertz CT molecular complexity index is 1490. The van der Waals surface area contributed by atoms with Gasteiger partial charge in [0.05, 0.1) is 52.9 Å². The van der Waals surface area contributed by atoms with Crippen molar-refractivity contribution in [1.29, 1.82) is 0 Å². The lowest BCUT2D eigenvalue weighted by Gasteiger charge is -2.23. The molecule has 0 aromatic rings. The van der Waals surface area contributed by atoms with E-state index in [2.05, 4.69) is 127 Å². The maximum absolute atomic E-state index is 5.65. The lowest BCUT2D eigenvalue weighted by molar-refractivity contribution is -0.142. The molecule has 0 bridgehead atoms. The van der Waals surface area contributed by atoms with Crippen molar-refractivity contribution in [3.05, 3.63) is 0 Å². The Labute approximate surface area is 518 Å². The van der Waals surface area contributed by atoms with Crippen LogP contribution in [0, 0.1) is 0 Å². The fourth-order valence-corrected chi connectivity index (χ4v) is 15.0. The van der Waals surface area contributed by atoms with E-state index in [0.29, 0.717) is 119 Å². The molecule has 80 heavy (non-hydrogen) atoms.